The highest BCUT2D eigenvalue weighted by atomic mass is 32.1. The van der Waals surface area contributed by atoms with Gasteiger partial charge in [-0.1, -0.05) is 12.5 Å². The highest BCUT2D eigenvalue weighted by Gasteiger charge is 2.39. The second kappa shape index (κ2) is 5.18. The van der Waals surface area contributed by atoms with Crippen molar-refractivity contribution in [1.29, 1.82) is 5.26 Å². The first-order valence-corrected chi connectivity index (χ1v) is 7.23. The number of fused-ring (bicyclic) bond motifs is 2. The molecule has 0 radical (unpaired) electrons. The van der Waals surface area contributed by atoms with Gasteiger partial charge >= 0.3 is 0 Å². The normalized spacial score (nSPS) is 27.8. The standard InChI is InChI=1S/C15H17N3S/c16-9-11-2-1-3-13(7-11)17-15(19)18-14-8-10-4-5-12(14)6-10/h1-3,7,10,12,14H,4-6,8H2,(H2,17,18,19)/t10-,12+,14-/m0/s1. The molecule has 2 aliphatic carbocycles. The third-order valence-corrected chi connectivity index (χ3v) is 4.52. The Morgan fingerprint density at radius 3 is 2.89 bits per heavy atom. The molecule has 0 aromatic heterocycles. The fraction of sp³-hybridized carbons (Fsp3) is 0.467. The highest BCUT2D eigenvalue weighted by Crippen LogP contribution is 2.44. The molecule has 0 saturated heterocycles. The lowest BCUT2D eigenvalue weighted by atomic mass is 9.96. The largest absolute Gasteiger partial charge is 0.359 e. The number of hydrogen-bond acceptors (Lipinski definition) is 2. The SMILES string of the molecule is N#Cc1cccc(NC(=S)N[C@H]2C[C@H]3CC[C@@H]2C3)c1. The van der Waals surface area contributed by atoms with Crippen molar-refractivity contribution in [2.24, 2.45) is 11.8 Å². The minimum Gasteiger partial charge on any atom is -0.359 e. The van der Waals surface area contributed by atoms with Crippen molar-refractivity contribution < 1.29 is 0 Å². The van der Waals surface area contributed by atoms with Crippen LogP contribution in [0.15, 0.2) is 24.3 Å². The van der Waals surface area contributed by atoms with Gasteiger partial charge in [-0.15, -0.1) is 0 Å². The van der Waals surface area contributed by atoms with Crippen molar-refractivity contribution in [3.8, 4) is 6.07 Å². The zero-order valence-electron chi connectivity index (χ0n) is 10.7. The maximum absolute atomic E-state index is 8.87. The predicted molar refractivity (Wildman–Crippen MR) is 79.7 cm³/mol. The summed E-state index contributed by atoms with van der Waals surface area (Å²) in [6.07, 6.45) is 5.36. The summed E-state index contributed by atoms with van der Waals surface area (Å²) < 4.78 is 0. The van der Waals surface area contributed by atoms with Gasteiger partial charge < -0.3 is 10.6 Å². The Morgan fingerprint density at radius 1 is 1.32 bits per heavy atom. The van der Waals surface area contributed by atoms with E-state index in [1.54, 1.807) is 6.07 Å². The van der Waals surface area contributed by atoms with Crippen molar-refractivity contribution in [1.82, 2.24) is 5.32 Å². The van der Waals surface area contributed by atoms with Gasteiger partial charge in [-0.3, -0.25) is 0 Å². The van der Waals surface area contributed by atoms with E-state index >= 15 is 0 Å². The monoisotopic (exact) mass is 271 g/mol. The van der Waals surface area contributed by atoms with Gasteiger partial charge in [0, 0.05) is 11.7 Å². The number of benzene rings is 1. The lowest BCUT2D eigenvalue weighted by Gasteiger charge is -2.24. The number of nitrogens with zero attached hydrogens (tertiary/aromatic N) is 1. The van der Waals surface area contributed by atoms with Crippen LogP contribution in [0.1, 0.15) is 31.2 Å². The first-order chi connectivity index (χ1) is 9.24. The average Bonchev–Trinajstić information content (AvgIpc) is 3.01. The second-order valence-electron chi connectivity index (χ2n) is 5.57. The molecule has 3 nitrogen and oxygen atoms in total. The zero-order valence-corrected chi connectivity index (χ0v) is 11.5. The van der Waals surface area contributed by atoms with E-state index in [-0.39, 0.29) is 0 Å². The highest BCUT2D eigenvalue weighted by molar-refractivity contribution is 7.80. The molecule has 0 aliphatic heterocycles. The van der Waals surface area contributed by atoms with E-state index in [1.165, 1.54) is 25.7 Å². The van der Waals surface area contributed by atoms with Crippen molar-refractivity contribution in [2.75, 3.05) is 5.32 Å². The van der Waals surface area contributed by atoms with Crippen LogP contribution in [0.25, 0.3) is 0 Å². The average molecular weight is 271 g/mol. The Bertz CT molecular complexity index is 534. The van der Waals surface area contributed by atoms with Crippen molar-refractivity contribution in [2.45, 2.75) is 31.7 Å². The van der Waals surface area contributed by atoms with Gasteiger partial charge in [0.05, 0.1) is 11.6 Å². The minimum absolute atomic E-state index is 0.540. The molecule has 3 atom stereocenters. The van der Waals surface area contributed by atoms with Crippen LogP contribution < -0.4 is 10.6 Å². The van der Waals surface area contributed by atoms with Gasteiger partial charge in [-0.25, -0.2) is 0 Å². The first-order valence-electron chi connectivity index (χ1n) is 6.82. The molecule has 1 aromatic rings. The smallest absolute Gasteiger partial charge is 0.171 e. The molecule has 0 spiro atoms. The molecular formula is C15H17N3S. The number of anilines is 1. The van der Waals surface area contributed by atoms with E-state index < -0.39 is 0 Å². The van der Waals surface area contributed by atoms with E-state index in [0.717, 1.165) is 17.5 Å². The third-order valence-electron chi connectivity index (χ3n) is 4.30. The molecule has 0 unspecified atom stereocenters. The van der Waals surface area contributed by atoms with Crippen LogP contribution in [0.2, 0.25) is 0 Å². The summed E-state index contributed by atoms with van der Waals surface area (Å²) in [5.74, 6) is 1.71. The molecule has 0 heterocycles. The Kier molecular flexibility index (Phi) is 3.39. The first kappa shape index (κ1) is 12.4. The van der Waals surface area contributed by atoms with E-state index in [4.69, 9.17) is 17.5 Å². The molecular weight excluding hydrogens is 254 g/mol. The third kappa shape index (κ3) is 2.71. The minimum atomic E-state index is 0.540. The fourth-order valence-corrected chi connectivity index (χ4v) is 3.69. The number of nitrogens with one attached hydrogen (secondary N) is 2. The lowest BCUT2D eigenvalue weighted by molar-refractivity contribution is 0.392. The number of nitriles is 1. The molecule has 2 fully saturated rings. The molecule has 0 amide bonds. The maximum atomic E-state index is 8.87. The van der Waals surface area contributed by atoms with E-state index in [9.17, 15) is 0 Å². The summed E-state index contributed by atoms with van der Waals surface area (Å²) in [4.78, 5) is 0. The molecule has 98 valence electrons. The quantitative estimate of drug-likeness (QED) is 0.812. The Labute approximate surface area is 119 Å². The molecule has 3 rings (SSSR count). The molecule has 2 N–H and O–H groups in total. The number of thiocarbonyl (C=S) groups is 1. The van der Waals surface area contributed by atoms with Crippen LogP contribution in [-0.2, 0) is 0 Å². The van der Waals surface area contributed by atoms with Gasteiger partial charge in [0.2, 0.25) is 0 Å². The Morgan fingerprint density at radius 2 is 2.21 bits per heavy atom. The Balaban J connectivity index is 1.58. The van der Waals surface area contributed by atoms with Crippen LogP contribution in [0.5, 0.6) is 0 Å². The van der Waals surface area contributed by atoms with Crippen molar-refractivity contribution in [3.63, 3.8) is 0 Å². The molecule has 2 bridgehead atoms. The summed E-state index contributed by atoms with van der Waals surface area (Å²) >= 11 is 5.36. The molecule has 2 aliphatic rings. The van der Waals surface area contributed by atoms with Crippen molar-refractivity contribution >= 4 is 23.0 Å². The van der Waals surface area contributed by atoms with Crippen molar-refractivity contribution in [3.05, 3.63) is 29.8 Å². The summed E-state index contributed by atoms with van der Waals surface area (Å²) in [7, 11) is 0. The molecule has 1 aromatic carbocycles. The summed E-state index contributed by atoms with van der Waals surface area (Å²) in [6.45, 7) is 0. The lowest BCUT2D eigenvalue weighted by Crippen LogP contribution is -2.40. The van der Waals surface area contributed by atoms with Gasteiger partial charge in [0.15, 0.2) is 5.11 Å². The number of hydrogen-bond donors (Lipinski definition) is 2. The fourth-order valence-electron chi connectivity index (χ4n) is 3.42. The van der Waals surface area contributed by atoms with Crippen LogP contribution >= 0.6 is 12.2 Å². The number of rotatable bonds is 2. The summed E-state index contributed by atoms with van der Waals surface area (Å²) in [5.41, 5.74) is 1.52. The molecule has 19 heavy (non-hydrogen) atoms. The Hall–Kier alpha value is -1.60. The van der Waals surface area contributed by atoms with Crippen LogP contribution in [-0.4, -0.2) is 11.2 Å². The maximum Gasteiger partial charge on any atom is 0.171 e. The van der Waals surface area contributed by atoms with E-state index in [2.05, 4.69) is 16.7 Å². The van der Waals surface area contributed by atoms with Gasteiger partial charge in [-0.05, 0) is 61.5 Å². The topological polar surface area (TPSA) is 47.9 Å². The van der Waals surface area contributed by atoms with Crippen LogP contribution in [0.3, 0.4) is 0 Å². The van der Waals surface area contributed by atoms with Crippen LogP contribution in [0, 0.1) is 23.2 Å². The summed E-state index contributed by atoms with van der Waals surface area (Å²) in [6, 6.07) is 10.1. The van der Waals surface area contributed by atoms with E-state index in [0.29, 0.717) is 16.7 Å². The molecule has 4 heteroatoms. The van der Waals surface area contributed by atoms with Crippen LogP contribution in [0.4, 0.5) is 5.69 Å². The summed E-state index contributed by atoms with van der Waals surface area (Å²) in [5, 5.41) is 16.2. The van der Waals surface area contributed by atoms with Gasteiger partial charge in [0.1, 0.15) is 0 Å². The predicted octanol–water partition coefficient (Wildman–Crippen LogP) is 3.03. The van der Waals surface area contributed by atoms with E-state index in [1.807, 2.05) is 18.2 Å². The van der Waals surface area contributed by atoms with Gasteiger partial charge in [0.25, 0.3) is 0 Å². The zero-order chi connectivity index (χ0) is 13.2. The van der Waals surface area contributed by atoms with Gasteiger partial charge in [-0.2, -0.15) is 5.26 Å². The second-order valence-corrected chi connectivity index (χ2v) is 5.98. The molecule has 2 saturated carbocycles.